The third kappa shape index (κ3) is 4.91. The monoisotopic (exact) mass is 264 g/mol. The molecule has 1 rings (SSSR count). The number of nitrogens with two attached hydrogens (primary N) is 1. The van der Waals surface area contributed by atoms with E-state index in [9.17, 15) is 4.79 Å². The van der Waals surface area contributed by atoms with Gasteiger partial charge >= 0.3 is 0 Å². The van der Waals surface area contributed by atoms with Crippen LogP contribution in [0.5, 0.6) is 5.75 Å². The summed E-state index contributed by atoms with van der Waals surface area (Å²) < 4.78 is 5.17. The molecule has 4 heteroatoms. The topological polar surface area (TPSA) is 64.3 Å². The molecule has 0 aliphatic heterocycles. The minimum absolute atomic E-state index is 0.0826. The summed E-state index contributed by atoms with van der Waals surface area (Å²) in [5.74, 6) is 1.09. The van der Waals surface area contributed by atoms with E-state index < -0.39 is 6.04 Å². The molecule has 2 atom stereocenters. The van der Waals surface area contributed by atoms with E-state index in [4.69, 9.17) is 10.5 Å². The maximum atomic E-state index is 11.9. The van der Waals surface area contributed by atoms with Gasteiger partial charge in [0.15, 0.2) is 0 Å². The van der Waals surface area contributed by atoms with Crippen molar-refractivity contribution in [3.63, 3.8) is 0 Å². The summed E-state index contributed by atoms with van der Waals surface area (Å²) in [5.41, 5.74) is 6.87. The summed E-state index contributed by atoms with van der Waals surface area (Å²) >= 11 is 0. The van der Waals surface area contributed by atoms with Crippen LogP contribution in [0, 0.1) is 5.92 Å². The lowest BCUT2D eigenvalue weighted by molar-refractivity contribution is -0.123. The normalized spacial score (nSPS) is 14.0. The fourth-order valence-corrected chi connectivity index (χ4v) is 1.93. The molecule has 0 fully saturated rings. The molecule has 19 heavy (non-hydrogen) atoms. The van der Waals surface area contributed by atoms with Gasteiger partial charge in [0.25, 0.3) is 0 Å². The number of nitrogens with one attached hydrogen (secondary N) is 1. The second-order valence-corrected chi connectivity index (χ2v) is 5.24. The van der Waals surface area contributed by atoms with Gasteiger partial charge in [-0.15, -0.1) is 0 Å². The van der Waals surface area contributed by atoms with Gasteiger partial charge in [0.2, 0.25) is 5.91 Å². The molecule has 0 spiro atoms. The molecule has 0 radical (unpaired) electrons. The van der Waals surface area contributed by atoms with E-state index in [-0.39, 0.29) is 11.9 Å². The number of benzene rings is 1. The molecular weight excluding hydrogens is 240 g/mol. The Morgan fingerprint density at radius 1 is 1.37 bits per heavy atom. The Morgan fingerprint density at radius 3 is 2.63 bits per heavy atom. The van der Waals surface area contributed by atoms with E-state index in [0.29, 0.717) is 12.3 Å². The minimum Gasteiger partial charge on any atom is -0.497 e. The molecule has 1 aromatic rings. The first-order valence-corrected chi connectivity index (χ1v) is 6.64. The Kier molecular flexibility index (Phi) is 5.83. The van der Waals surface area contributed by atoms with Crippen molar-refractivity contribution in [1.29, 1.82) is 0 Å². The van der Waals surface area contributed by atoms with Gasteiger partial charge < -0.3 is 15.8 Å². The lowest BCUT2D eigenvalue weighted by Gasteiger charge is -2.19. The maximum absolute atomic E-state index is 11.9. The molecule has 0 saturated heterocycles. The van der Waals surface area contributed by atoms with Crippen LogP contribution in [0.1, 0.15) is 38.8 Å². The van der Waals surface area contributed by atoms with Crippen LogP contribution >= 0.6 is 0 Å². The van der Waals surface area contributed by atoms with Crippen molar-refractivity contribution in [3.05, 3.63) is 29.8 Å². The molecule has 0 heterocycles. The van der Waals surface area contributed by atoms with E-state index in [1.54, 1.807) is 7.11 Å². The van der Waals surface area contributed by atoms with Crippen LogP contribution in [0.25, 0.3) is 0 Å². The molecule has 0 saturated carbocycles. The first-order chi connectivity index (χ1) is 8.93. The summed E-state index contributed by atoms with van der Waals surface area (Å²) in [6, 6.07) is 7.13. The third-order valence-electron chi connectivity index (χ3n) is 3.01. The predicted molar refractivity (Wildman–Crippen MR) is 77.0 cm³/mol. The van der Waals surface area contributed by atoms with Crippen molar-refractivity contribution in [3.8, 4) is 5.75 Å². The number of hydrogen-bond donors (Lipinski definition) is 2. The summed E-state index contributed by atoms with van der Waals surface area (Å²) in [5, 5.41) is 2.93. The van der Waals surface area contributed by atoms with Crippen LogP contribution in [0.4, 0.5) is 0 Å². The molecule has 0 aromatic heterocycles. The Morgan fingerprint density at radius 2 is 2.05 bits per heavy atom. The highest BCUT2D eigenvalue weighted by atomic mass is 16.5. The Hall–Kier alpha value is -1.55. The highest BCUT2D eigenvalue weighted by Gasteiger charge is 2.17. The SMILES string of the molecule is COc1cccc([C@H](C)NC(=O)[C@@H](N)CC(C)C)c1. The number of carbonyl (C=O) groups excluding carboxylic acids is 1. The molecule has 106 valence electrons. The van der Waals surface area contributed by atoms with E-state index in [0.717, 1.165) is 11.3 Å². The van der Waals surface area contributed by atoms with Crippen LogP contribution in [-0.2, 0) is 4.79 Å². The standard InChI is InChI=1S/C15H24N2O2/c1-10(2)8-14(16)15(18)17-11(3)12-6-5-7-13(9-12)19-4/h5-7,9-11,14H,8,16H2,1-4H3,(H,17,18)/t11-,14-/m0/s1. The smallest absolute Gasteiger partial charge is 0.237 e. The van der Waals surface area contributed by atoms with Crippen molar-refractivity contribution in [2.24, 2.45) is 11.7 Å². The van der Waals surface area contributed by atoms with E-state index >= 15 is 0 Å². The molecule has 0 aliphatic carbocycles. The molecule has 0 bridgehead atoms. The third-order valence-corrected chi connectivity index (χ3v) is 3.01. The number of carbonyl (C=O) groups is 1. The summed E-state index contributed by atoms with van der Waals surface area (Å²) in [4.78, 5) is 11.9. The molecule has 0 aliphatic rings. The number of methoxy groups -OCH3 is 1. The van der Waals surface area contributed by atoms with Crippen LogP contribution in [-0.4, -0.2) is 19.1 Å². The number of rotatable bonds is 6. The Balaban J connectivity index is 2.63. The van der Waals surface area contributed by atoms with Crippen molar-refractivity contribution < 1.29 is 9.53 Å². The zero-order chi connectivity index (χ0) is 14.4. The first kappa shape index (κ1) is 15.5. The van der Waals surface area contributed by atoms with Gasteiger partial charge in [0.1, 0.15) is 5.75 Å². The van der Waals surface area contributed by atoms with Gasteiger partial charge in [-0.2, -0.15) is 0 Å². The quantitative estimate of drug-likeness (QED) is 0.828. The lowest BCUT2D eigenvalue weighted by Crippen LogP contribution is -2.42. The fourth-order valence-electron chi connectivity index (χ4n) is 1.93. The molecule has 3 N–H and O–H groups in total. The average Bonchev–Trinajstić information content (AvgIpc) is 2.37. The maximum Gasteiger partial charge on any atom is 0.237 e. The zero-order valence-electron chi connectivity index (χ0n) is 12.1. The second-order valence-electron chi connectivity index (χ2n) is 5.24. The van der Waals surface area contributed by atoms with Crippen LogP contribution < -0.4 is 15.8 Å². The lowest BCUT2D eigenvalue weighted by atomic mass is 10.0. The molecule has 4 nitrogen and oxygen atoms in total. The fraction of sp³-hybridized carbons (Fsp3) is 0.533. The molecular formula is C15H24N2O2. The first-order valence-electron chi connectivity index (χ1n) is 6.64. The Labute approximate surface area is 115 Å². The van der Waals surface area contributed by atoms with Crippen molar-refractivity contribution in [1.82, 2.24) is 5.32 Å². The van der Waals surface area contributed by atoms with E-state index in [1.807, 2.05) is 31.2 Å². The highest BCUT2D eigenvalue weighted by molar-refractivity contribution is 5.81. The predicted octanol–water partition coefficient (Wildman–Crippen LogP) is 2.25. The van der Waals surface area contributed by atoms with Gasteiger partial charge in [-0.1, -0.05) is 26.0 Å². The summed E-state index contributed by atoms with van der Waals surface area (Å²) in [7, 11) is 1.63. The van der Waals surface area contributed by atoms with E-state index in [1.165, 1.54) is 0 Å². The van der Waals surface area contributed by atoms with Gasteiger partial charge in [0, 0.05) is 0 Å². The van der Waals surface area contributed by atoms with Gasteiger partial charge in [-0.3, -0.25) is 4.79 Å². The van der Waals surface area contributed by atoms with Crippen LogP contribution in [0.15, 0.2) is 24.3 Å². The molecule has 1 amide bonds. The zero-order valence-corrected chi connectivity index (χ0v) is 12.1. The van der Waals surface area contributed by atoms with Crippen LogP contribution in [0.3, 0.4) is 0 Å². The van der Waals surface area contributed by atoms with Crippen molar-refractivity contribution in [2.45, 2.75) is 39.3 Å². The molecule has 1 aromatic carbocycles. The summed E-state index contributed by atoms with van der Waals surface area (Å²) in [6.45, 7) is 6.05. The van der Waals surface area contributed by atoms with Crippen molar-refractivity contribution in [2.75, 3.05) is 7.11 Å². The molecule has 0 unspecified atom stereocenters. The largest absolute Gasteiger partial charge is 0.497 e. The van der Waals surface area contributed by atoms with E-state index in [2.05, 4.69) is 19.2 Å². The van der Waals surface area contributed by atoms with Gasteiger partial charge in [-0.05, 0) is 37.0 Å². The summed E-state index contributed by atoms with van der Waals surface area (Å²) in [6.07, 6.45) is 0.691. The average molecular weight is 264 g/mol. The van der Waals surface area contributed by atoms with Crippen LogP contribution in [0.2, 0.25) is 0 Å². The van der Waals surface area contributed by atoms with Gasteiger partial charge in [0.05, 0.1) is 19.2 Å². The highest BCUT2D eigenvalue weighted by Crippen LogP contribution is 2.18. The Bertz CT molecular complexity index is 418. The van der Waals surface area contributed by atoms with Gasteiger partial charge in [-0.25, -0.2) is 0 Å². The number of amides is 1. The number of hydrogen-bond acceptors (Lipinski definition) is 3. The number of ether oxygens (including phenoxy) is 1. The minimum atomic E-state index is -0.451. The second kappa shape index (κ2) is 7.14. The van der Waals surface area contributed by atoms with Crippen molar-refractivity contribution >= 4 is 5.91 Å².